The van der Waals surface area contributed by atoms with Crippen molar-refractivity contribution in [3.63, 3.8) is 0 Å². The number of hydrogen-bond acceptors (Lipinski definition) is 1. The number of rotatable bonds is 3. The topological polar surface area (TPSA) is 17.1 Å². The standard InChI is InChI=1S/C14H19FOS/c1-2-11-6-3-4-9-14(11)17(16)13-8-5-7-12(15)10-13/h5,7-8,10-11,14H,2-4,6,9H2,1H3. The predicted octanol–water partition coefficient (Wildman–Crippen LogP) is 3.90. The van der Waals surface area contributed by atoms with Crippen LogP contribution < -0.4 is 0 Å². The highest BCUT2D eigenvalue weighted by Crippen LogP contribution is 2.32. The average molecular weight is 254 g/mol. The van der Waals surface area contributed by atoms with Crippen molar-refractivity contribution in [2.45, 2.75) is 49.2 Å². The van der Waals surface area contributed by atoms with E-state index >= 15 is 0 Å². The van der Waals surface area contributed by atoms with Crippen LogP contribution in [0.2, 0.25) is 0 Å². The molecule has 1 aliphatic rings. The van der Waals surface area contributed by atoms with Crippen LogP contribution >= 0.6 is 0 Å². The monoisotopic (exact) mass is 254 g/mol. The Morgan fingerprint density at radius 2 is 2.12 bits per heavy atom. The molecule has 0 saturated heterocycles. The first kappa shape index (κ1) is 12.7. The van der Waals surface area contributed by atoms with Gasteiger partial charge in [0.15, 0.2) is 0 Å². The van der Waals surface area contributed by atoms with Gasteiger partial charge in [-0.25, -0.2) is 4.39 Å². The summed E-state index contributed by atoms with van der Waals surface area (Å²) in [4.78, 5) is 0.648. The van der Waals surface area contributed by atoms with Crippen molar-refractivity contribution in [2.75, 3.05) is 0 Å². The highest BCUT2D eigenvalue weighted by Gasteiger charge is 2.29. The van der Waals surface area contributed by atoms with Crippen LogP contribution in [0.1, 0.15) is 39.0 Å². The smallest absolute Gasteiger partial charge is 0.124 e. The second-order valence-corrected chi connectivity index (χ2v) is 6.42. The summed E-state index contributed by atoms with van der Waals surface area (Å²) in [7, 11) is -1.05. The second-order valence-electron chi connectivity index (χ2n) is 4.75. The molecule has 3 atom stereocenters. The van der Waals surface area contributed by atoms with Gasteiger partial charge in [-0.1, -0.05) is 32.3 Å². The van der Waals surface area contributed by atoms with Gasteiger partial charge in [0.2, 0.25) is 0 Å². The zero-order valence-corrected chi connectivity index (χ0v) is 11.0. The summed E-state index contributed by atoms with van der Waals surface area (Å²) in [6, 6.07) is 6.24. The third-order valence-electron chi connectivity index (χ3n) is 3.67. The van der Waals surface area contributed by atoms with Crippen LogP contribution in [-0.4, -0.2) is 9.46 Å². The lowest BCUT2D eigenvalue weighted by atomic mass is 9.87. The molecule has 0 N–H and O–H groups in total. The molecule has 0 amide bonds. The highest BCUT2D eigenvalue weighted by atomic mass is 32.2. The van der Waals surface area contributed by atoms with Crippen molar-refractivity contribution in [3.05, 3.63) is 30.1 Å². The molecular formula is C14H19FOS. The van der Waals surface area contributed by atoms with Crippen LogP contribution in [0.4, 0.5) is 4.39 Å². The molecule has 17 heavy (non-hydrogen) atoms. The van der Waals surface area contributed by atoms with Crippen LogP contribution in [0.5, 0.6) is 0 Å². The molecule has 1 aromatic rings. The molecule has 3 unspecified atom stereocenters. The fourth-order valence-corrected chi connectivity index (χ4v) is 4.54. The highest BCUT2D eigenvalue weighted by molar-refractivity contribution is 7.85. The molecule has 0 bridgehead atoms. The maximum Gasteiger partial charge on any atom is 0.124 e. The van der Waals surface area contributed by atoms with Crippen molar-refractivity contribution in [1.29, 1.82) is 0 Å². The Balaban J connectivity index is 2.18. The van der Waals surface area contributed by atoms with Crippen molar-refractivity contribution in [2.24, 2.45) is 5.92 Å². The minimum atomic E-state index is -1.05. The first-order chi connectivity index (χ1) is 8.22. The van der Waals surface area contributed by atoms with E-state index < -0.39 is 10.8 Å². The summed E-state index contributed by atoms with van der Waals surface area (Å²) in [5, 5.41) is 0.218. The van der Waals surface area contributed by atoms with Crippen LogP contribution in [0, 0.1) is 11.7 Å². The first-order valence-electron chi connectivity index (χ1n) is 6.38. The number of halogens is 1. The van der Waals surface area contributed by atoms with Crippen LogP contribution in [0.3, 0.4) is 0 Å². The summed E-state index contributed by atoms with van der Waals surface area (Å²) in [5.74, 6) is 0.243. The molecule has 0 aromatic heterocycles. The van der Waals surface area contributed by atoms with Gasteiger partial charge in [0, 0.05) is 10.1 Å². The Morgan fingerprint density at radius 1 is 1.35 bits per heavy atom. The van der Waals surface area contributed by atoms with Crippen LogP contribution in [0.25, 0.3) is 0 Å². The van der Waals surface area contributed by atoms with Crippen molar-refractivity contribution in [3.8, 4) is 0 Å². The lowest BCUT2D eigenvalue weighted by Crippen LogP contribution is -2.28. The van der Waals surface area contributed by atoms with E-state index in [2.05, 4.69) is 6.92 Å². The number of benzene rings is 1. The largest absolute Gasteiger partial charge is 0.254 e. The Morgan fingerprint density at radius 3 is 2.82 bits per heavy atom. The van der Waals surface area contributed by atoms with Gasteiger partial charge in [0.1, 0.15) is 5.82 Å². The molecule has 3 heteroatoms. The summed E-state index contributed by atoms with van der Waals surface area (Å²) >= 11 is 0. The lowest BCUT2D eigenvalue weighted by molar-refractivity contribution is 0.355. The summed E-state index contributed by atoms with van der Waals surface area (Å²) in [5.41, 5.74) is 0. The van der Waals surface area contributed by atoms with Crippen LogP contribution in [-0.2, 0) is 10.8 Å². The summed E-state index contributed by atoms with van der Waals surface area (Å²) < 4.78 is 25.6. The van der Waals surface area contributed by atoms with Gasteiger partial charge in [-0.3, -0.25) is 4.21 Å². The van der Waals surface area contributed by atoms with Gasteiger partial charge < -0.3 is 0 Å². The maximum absolute atomic E-state index is 13.1. The molecule has 0 heterocycles. The molecule has 0 aliphatic heterocycles. The normalized spacial score (nSPS) is 26.7. The first-order valence-corrected chi connectivity index (χ1v) is 7.60. The van der Waals surface area contributed by atoms with Gasteiger partial charge in [-0.2, -0.15) is 0 Å². The SMILES string of the molecule is CCC1CCCCC1S(=O)c1cccc(F)c1. The van der Waals surface area contributed by atoms with E-state index in [4.69, 9.17) is 0 Å². The quantitative estimate of drug-likeness (QED) is 0.799. The molecule has 2 rings (SSSR count). The van der Waals surface area contributed by atoms with Crippen LogP contribution in [0.15, 0.2) is 29.2 Å². The summed E-state index contributed by atoms with van der Waals surface area (Å²) in [6.45, 7) is 2.16. The maximum atomic E-state index is 13.1. The molecule has 1 aliphatic carbocycles. The van der Waals surface area contributed by atoms with E-state index in [1.807, 2.05) is 0 Å². The Kier molecular flexibility index (Phi) is 4.32. The van der Waals surface area contributed by atoms with E-state index in [1.165, 1.54) is 25.0 Å². The minimum absolute atomic E-state index is 0.218. The molecule has 1 saturated carbocycles. The molecule has 94 valence electrons. The van der Waals surface area contributed by atoms with Gasteiger partial charge in [-0.05, 0) is 37.0 Å². The predicted molar refractivity (Wildman–Crippen MR) is 68.8 cm³/mol. The third-order valence-corrected chi connectivity index (χ3v) is 5.56. The molecular weight excluding hydrogens is 235 g/mol. The third kappa shape index (κ3) is 2.95. The van der Waals surface area contributed by atoms with Gasteiger partial charge in [-0.15, -0.1) is 0 Å². The zero-order chi connectivity index (χ0) is 12.3. The second kappa shape index (κ2) is 5.76. The zero-order valence-electron chi connectivity index (χ0n) is 10.2. The van der Waals surface area contributed by atoms with Crippen molar-refractivity contribution in [1.82, 2.24) is 0 Å². The van der Waals surface area contributed by atoms with Gasteiger partial charge in [0.05, 0.1) is 10.8 Å². The average Bonchev–Trinajstić information content (AvgIpc) is 2.38. The molecule has 1 aromatic carbocycles. The van der Waals surface area contributed by atoms with E-state index in [1.54, 1.807) is 12.1 Å². The van der Waals surface area contributed by atoms with Gasteiger partial charge >= 0.3 is 0 Å². The number of hydrogen-bond donors (Lipinski definition) is 0. The molecule has 0 radical (unpaired) electrons. The van der Waals surface area contributed by atoms with E-state index in [0.717, 1.165) is 19.3 Å². The molecule has 0 spiro atoms. The Labute approximate surface area is 105 Å². The van der Waals surface area contributed by atoms with E-state index in [0.29, 0.717) is 10.8 Å². The lowest BCUT2D eigenvalue weighted by Gasteiger charge is -2.30. The van der Waals surface area contributed by atoms with Crippen molar-refractivity contribution < 1.29 is 8.60 Å². The molecule has 1 nitrogen and oxygen atoms in total. The van der Waals surface area contributed by atoms with E-state index in [9.17, 15) is 8.60 Å². The van der Waals surface area contributed by atoms with E-state index in [-0.39, 0.29) is 11.1 Å². The molecule has 1 fully saturated rings. The fourth-order valence-electron chi connectivity index (χ4n) is 2.69. The Bertz CT molecular complexity index is 405. The van der Waals surface area contributed by atoms with Crippen molar-refractivity contribution >= 4 is 10.8 Å². The van der Waals surface area contributed by atoms with Gasteiger partial charge in [0.25, 0.3) is 0 Å². The summed E-state index contributed by atoms with van der Waals surface area (Å²) in [6.07, 6.45) is 5.66. The fraction of sp³-hybridized carbons (Fsp3) is 0.571. The minimum Gasteiger partial charge on any atom is -0.254 e. The Hall–Kier alpha value is -0.700.